The van der Waals surface area contributed by atoms with Gasteiger partial charge in [0.2, 0.25) is 5.95 Å². The van der Waals surface area contributed by atoms with Crippen LogP contribution >= 0.6 is 0 Å². The molecule has 140 valence electrons. The van der Waals surface area contributed by atoms with Crippen molar-refractivity contribution in [3.05, 3.63) is 42.1 Å². The first-order chi connectivity index (χ1) is 13.1. The van der Waals surface area contributed by atoms with Gasteiger partial charge in [0.15, 0.2) is 0 Å². The van der Waals surface area contributed by atoms with Crippen LogP contribution in [-0.4, -0.2) is 58.5 Å². The number of aryl methyl sites for hydroxylation is 1. The van der Waals surface area contributed by atoms with Crippen LogP contribution in [0.4, 0.5) is 11.6 Å². The van der Waals surface area contributed by atoms with Crippen molar-refractivity contribution in [1.82, 2.24) is 24.7 Å². The molecule has 0 spiro atoms. The first kappa shape index (κ1) is 17.2. The molecule has 9 nitrogen and oxygen atoms in total. The number of carbonyl (C=O) groups is 1. The van der Waals surface area contributed by atoms with Crippen molar-refractivity contribution >= 4 is 23.2 Å². The van der Waals surface area contributed by atoms with Crippen LogP contribution in [0.15, 0.2) is 30.9 Å². The fourth-order valence-corrected chi connectivity index (χ4v) is 3.09. The molecule has 4 rings (SSSR count). The van der Waals surface area contributed by atoms with Crippen LogP contribution in [0.5, 0.6) is 5.75 Å². The zero-order chi connectivity index (χ0) is 18.8. The minimum Gasteiger partial charge on any atom is -0.496 e. The van der Waals surface area contributed by atoms with E-state index in [-0.39, 0.29) is 5.91 Å². The van der Waals surface area contributed by atoms with Crippen molar-refractivity contribution in [2.24, 2.45) is 0 Å². The molecule has 1 fully saturated rings. The number of fused-ring (bicyclic) bond motifs is 1. The predicted molar refractivity (Wildman–Crippen MR) is 102 cm³/mol. The Morgan fingerprint density at radius 1 is 1.22 bits per heavy atom. The molecular weight excluding hydrogens is 346 g/mol. The molecule has 3 aromatic rings. The largest absolute Gasteiger partial charge is 0.496 e. The van der Waals surface area contributed by atoms with Crippen molar-refractivity contribution in [1.29, 1.82) is 0 Å². The first-order valence-corrected chi connectivity index (χ1v) is 8.76. The fourth-order valence-electron chi connectivity index (χ4n) is 3.09. The number of hydrogen-bond acceptors (Lipinski definition) is 7. The molecule has 1 aliphatic heterocycles. The van der Waals surface area contributed by atoms with Crippen molar-refractivity contribution in [2.75, 3.05) is 43.5 Å². The lowest BCUT2D eigenvalue weighted by Crippen LogP contribution is -2.44. The number of amides is 1. The van der Waals surface area contributed by atoms with Crippen molar-refractivity contribution in [3.63, 3.8) is 0 Å². The van der Waals surface area contributed by atoms with Gasteiger partial charge in [-0.05, 0) is 6.92 Å². The molecule has 0 bridgehead atoms. The van der Waals surface area contributed by atoms with Gasteiger partial charge < -0.3 is 24.7 Å². The number of piperazine rings is 1. The zero-order valence-corrected chi connectivity index (χ0v) is 15.3. The van der Waals surface area contributed by atoms with Gasteiger partial charge in [0.1, 0.15) is 11.4 Å². The average Bonchev–Trinajstić information content (AvgIpc) is 3.07. The Morgan fingerprint density at radius 2 is 1.96 bits per heavy atom. The number of nitrogens with one attached hydrogen (secondary N) is 2. The highest BCUT2D eigenvalue weighted by atomic mass is 16.5. The Morgan fingerprint density at radius 3 is 2.67 bits per heavy atom. The Balaban J connectivity index is 1.54. The lowest BCUT2D eigenvalue weighted by atomic mass is 10.2. The molecule has 1 amide bonds. The number of pyridine rings is 1. The van der Waals surface area contributed by atoms with E-state index in [1.165, 1.54) is 7.11 Å². The van der Waals surface area contributed by atoms with Crippen LogP contribution in [0.3, 0.4) is 0 Å². The summed E-state index contributed by atoms with van der Waals surface area (Å²) in [4.78, 5) is 28.0. The highest BCUT2D eigenvalue weighted by Crippen LogP contribution is 2.22. The summed E-state index contributed by atoms with van der Waals surface area (Å²) in [5, 5.41) is 6.12. The van der Waals surface area contributed by atoms with Gasteiger partial charge in [0.25, 0.3) is 5.91 Å². The van der Waals surface area contributed by atoms with Crippen LogP contribution in [0.1, 0.15) is 16.1 Å². The number of hydrogen-bond donors (Lipinski definition) is 2. The van der Waals surface area contributed by atoms with Gasteiger partial charge in [-0.3, -0.25) is 4.79 Å². The minimum absolute atomic E-state index is 0.293. The number of rotatable bonds is 4. The fraction of sp³-hybridized carbons (Fsp3) is 0.333. The van der Waals surface area contributed by atoms with E-state index in [4.69, 9.17) is 4.74 Å². The molecule has 3 aromatic heterocycles. The molecular formula is C18H21N7O2. The second-order valence-electron chi connectivity index (χ2n) is 6.37. The summed E-state index contributed by atoms with van der Waals surface area (Å²) in [7, 11) is 1.53. The molecule has 27 heavy (non-hydrogen) atoms. The highest BCUT2D eigenvalue weighted by Gasteiger charge is 2.17. The summed E-state index contributed by atoms with van der Waals surface area (Å²) in [6.45, 7) is 5.46. The van der Waals surface area contributed by atoms with E-state index in [9.17, 15) is 4.79 Å². The smallest absolute Gasteiger partial charge is 0.261 e. The maximum atomic E-state index is 12.7. The lowest BCUT2D eigenvalue weighted by molar-refractivity contribution is 0.102. The van der Waals surface area contributed by atoms with Gasteiger partial charge in [0, 0.05) is 44.6 Å². The van der Waals surface area contributed by atoms with E-state index in [0.717, 1.165) is 37.5 Å². The van der Waals surface area contributed by atoms with Crippen LogP contribution in [0.25, 0.3) is 5.65 Å². The zero-order valence-electron chi connectivity index (χ0n) is 15.3. The quantitative estimate of drug-likeness (QED) is 0.713. The third-order valence-electron chi connectivity index (χ3n) is 4.44. The third-order valence-corrected chi connectivity index (χ3v) is 4.44. The Kier molecular flexibility index (Phi) is 4.59. The molecule has 0 unspecified atom stereocenters. The van der Waals surface area contributed by atoms with E-state index in [2.05, 4.69) is 30.5 Å². The summed E-state index contributed by atoms with van der Waals surface area (Å²) >= 11 is 0. The highest BCUT2D eigenvalue weighted by molar-refractivity contribution is 6.06. The maximum absolute atomic E-state index is 12.7. The standard InChI is InChI=1S/C18H21N7O2/c1-12-10-25-11-14(15(27-2)7-16(25)22-12)17(26)23-13-8-20-18(21-9-13)24-5-3-19-4-6-24/h7-11,19H,3-6H2,1-2H3,(H,23,26). The minimum atomic E-state index is -0.293. The van der Waals surface area contributed by atoms with Crippen LogP contribution in [0.2, 0.25) is 0 Å². The Labute approximate surface area is 156 Å². The molecule has 9 heteroatoms. The SMILES string of the molecule is COc1cc2nc(C)cn2cc1C(=O)Nc1cnc(N2CCNCC2)nc1. The molecule has 1 aliphatic rings. The van der Waals surface area contributed by atoms with Gasteiger partial charge >= 0.3 is 0 Å². The monoisotopic (exact) mass is 367 g/mol. The number of aromatic nitrogens is 4. The summed E-state index contributed by atoms with van der Waals surface area (Å²) in [6.07, 6.45) is 6.81. The molecule has 0 aliphatic carbocycles. The topological polar surface area (TPSA) is 96.7 Å². The van der Waals surface area contributed by atoms with E-state index >= 15 is 0 Å². The van der Waals surface area contributed by atoms with Gasteiger partial charge in [-0.25, -0.2) is 15.0 Å². The third kappa shape index (κ3) is 3.54. The van der Waals surface area contributed by atoms with E-state index in [1.54, 1.807) is 29.1 Å². The average molecular weight is 367 g/mol. The Hall–Kier alpha value is -3.20. The van der Waals surface area contributed by atoms with Gasteiger partial charge in [-0.2, -0.15) is 0 Å². The summed E-state index contributed by atoms with van der Waals surface area (Å²) in [5.41, 5.74) is 2.53. The number of nitrogens with zero attached hydrogens (tertiary/aromatic N) is 5. The van der Waals surface area contributed by atoms with Gasteiger partial charge in [-0.15, -0.1) is 0 Å². The second kappa shape index (κ2) is 7.20. The summed E-state index contributed by atoms with van der Waals surface area (Å²) in [6, 6.07) is 1.74. The number of ether oxygens (including phenoxy) is 1. The number of carbonyl (C=O) groups excluding carboxylic acids is 1. The van der Waals surface area contributed by atoms with Crippen molar-refractivity contribution in [2.45, 2.75) is 6.92 Å². The summed E-state index contributed by atoms with van der Waals surface area (Å²) < 4.78 is 7.16. The van der Waals surface area contributed by atoms with Gasteiger partial charge in [0.05, 0.1) is 36.4 Å². The van der Waals surface area contributed by atoms with E-state index in [1.807, 2.05) is 13.1 Å². The molecule has 0 radical (unpaired) electrons. The lowest BCUT2D eigenvalue weighted by Gasteiger charge is -2.27. The molecule has 4 heterocycles. The van der Waals surface area contributed by atoms with Crippen LogP contribution < -0.4 is 20.3 Å². The number of anilines is 2. The first-order valence-electron chi connectivity index (χ1n) is 8.76. The van der Waals surface area contributed by atoms with Gasteiger partial charge in [-0.1, -0.05) is 0 Å². The molecule has 0 aromatic carbocycles. The van der Waals surface area contributed by atoms with E-state index in [0.29, 0.717) is 22.9 Å². The van der Waals surface area contributed by atoms with E-state index < -0.39 is 0 Å². The number of imidazole rings is 1. The molecule has 2 N–H and O–H groups in total. The Bertz CT molecular complexity index is 962. The van der Waals surface area contributed by atoms with Crippen LogP contribution in [-0.2, 0) is 0 Å². The molecule has 0 atom stereocenters. The summed E-state index contributed by atoms with van der Waals surface area (Å²) in [5.74, 6) is 0.838. The molecule has 0 saturated carbocycles. The van der Waals surface area contributed by atoms with Crippen molar-refractivity contribution < 1.29 is 9.53 Å². The normalized spacial score (nSPS) is 14.4. The molecule has 1 saturated heterocycles. The second-order valence-corrected chi connectivity index (χ2v) is 6.37. The predicted octanol–water partition coefficient (Wildman–Crippen LogP) is 1.10. The maximum Gasteiger partial charge on any atom is 0.261 e. The number of methoxy groups -OCH3 is 1. The van der Waals surface area contributed by atoms with Crippen LogP contribution in [0, 0.1) is 6.92 Å². The van der Waals surface area contributed by atoms with Crippen molar-refractivity contribution in [3.8, 4) is 5.75 Å².